The number of hydrogen-bond donors (Lipinski definition) is 2. The molecule has 0 unspecified atom stereocenters. The van der Waals surface area contributed by atoms with Crippen molar-refractivity contribution in [1.29, 1.82) is 0 Å². The Labute approximate surface area is 99.1 Å². The van der Waals surface area contributed by atoms with Gasteiger partial charge < -0.3 is 11.1 Å². The predicted octanol–water partition coefficient (Wildman–Crippen LogP) is 1.34. The number of sulfone groups is 1. The van der Waals surface area contributed by atoms with Crippen molar-refractivity contribution < 1.29 is 8.42 Å². The number of nitrogens with one attached hydrogen (secondary N) is 1. The molecule has 2 rings (SSSR count). The number of aromatic nitrogens is 1. The van der Waals surface area contributed by atoms with Crippen molar-refractivity contribution >= 4 is 32.2 Å². The highest BCUT2D eigenvalue weighted by Crippen LogP contribution is 2.34. The van der Waals surface area contributed by atoms with Crippen LogP contribution in [0.4, 0.5) is 10.8 Å². The maximum absolute atomic E-state index is 11.5. The average Bonchev–Trinajstić information content (AvgIpc) is 2.88. The van der Waals surface area contributed by atoms with Gasteiger partial charge in [0, 0.05) is 12.8 Å². The third kappa shape index (κ3) is 2.65. The number of nitrogens with two attached hydrogens (primary N) is 1. The summed E-state index contributed by atoms with van der Waals surface area (Å²) in [6, 6.07) is 0. The van der Waals surface area contributed by atoms with Crippen LogP contribution in [0.3, 0.4) is 0 Å². The summed E-state index contributed by atoms with van der Waals surface area (Å²) < 4.78 is 26.9. The van der Waals surface area contributed by atoms with E-state index in [-0.39, 0.29) is 10.7 Å². The molecule has 1 aliphatic rings. The Bertz CT molecular complexity index is 477. The van der Waals surface area contributed by atoms with Gasteiger partial charge in [0.15, 0.2) is 15.7 Å². The minimum Gasteiger partial charge on any atom is -0.382 e. The lowest BCUT2D eigenvalue weighted by Gasteiger charge is -2.04. The molecule has 0 amide bonds. The third-order valence-corrected chi connectivity index (χ3v) is 4.68. The summed E-state index contributed by atoms with van der Waals surface area (Å²) in [7, 11) is -3.30. The van der Waals surface area contributed by atoms with Crippen LogP contribution in [0.25, 0.3) is 0 Å². The number of anilines is 2. The second kappa shape index (κ2) is 4.21. The summed E-state index contributed by atoms with van der Waals surface area (Å²) in [5, 5.41) is 3.68. The molecule has 7 heteroatoms. The average molecular weight is 261 g/mol. The molecule has 90 valence electrons. The number of rotatable bonds is 5. The maximum atomic E-state index is 11.5. The van der Waals surface area contributed by atoms with Crippen LogP contribution in [-0.4, -0.2) is 25.6 Å². The molecule has 0 radical (unpaired) electrons. The van der Waals surface area contributed by atoms with E-state index in [9.17, 15) is 8.42 Å². The summed E-state index contributed by atoms with van der Waals surface area (Å²) in [5.74, 6) is 0.917. The molecule has 0 spiro atoms. The summed E-state index contributed by atoms with van der Waals surface area (Å²) in [4.78, 5) is 0.147. The fourth-order valence-corrected chi connectivity index (χ4v) is 3.65. The van der Waals surface area contributed by atoms with E-state index < -0.39 is 9.84 Å². The van der Waals surface area contributed by atoms with Gasteiger partial charge in [0.05, 0.1) is 0 Å². The topological polar surface area (TPSA) is 85.1 Å². The molecule has 0 aromatic carbocycles. The molecule has 1 heterocycles. The monoisotopic (exact) mass is 261 g/mol. The van der Waals surface area contributed by atoms with Crippen molar-refractivity contribution in [2.75, 3.05) is 23.9 Å². The molecule has 0 saturated heterocycles. The zero-order valence-electron chi connectivity index (χ0n) is 9.06. The third-order valence-electron chi connectivity index (χ3n) is 2.58. The number of nitrogen functional groups attached to an aromatic ring is 1. The highest BCUT2D eigenvalue weighted by atomic mass is 32.2. The lowest BCUT2D eigenvalue weighted by molar-refractivity contribution is 0.602. The van der Waals surface area contributed by atoms with E-state index in [1.165, 1.54) is 12.8 Å². The molecule has 1 aliphatic carbocycles. The van der Waals surface area contributed by atoms with Crippen LogP contribution in [0.2, 0.25) is 0 Å². The van der Waals surface area contributed by atoms with Crippen molar-refractivity contribution in [3.05, 3.63) is 0 Å². The van der Waals surface area contributed by atoms with Crippen molar-refractivity contribution in [1.82, 2.24) is 4.37 Å². The molecular weight excluding hydrogens is 246 g/mol. The standard InChI is InChI=1S/C9H15N3O2S2/c1-16(13,14)7-8(10)12-15-9(7)11-5-4-6-2-3-6/h6,11H,2-5H2,1H3,(H2,10,12). The largest absolute Gasteiger partial charge is 0.382 e. The van der Waals surface area contributed by atoms with Crippen LogP contribution in [0.5, 0.6) is 0 Å². The van der Waals surface area contributed by atoms with Crippen LogP contribution in [0, 0.1) is 5.92 Å². The predicted molar refractivity (Wildman–Crippen MR) is 65.5 cm³/mol. The van der Waals surface area contributed by atoms with Crippen LogP contribution in [-0.2, 0) is 9.84 Å². The number of hydrogen-bond acceptors (Lipinski definition) is 6. The van der Waals surface area contributed by atoms with Gasteiger partial charge >= 0.3 is 0 Å². The maximum Gasteiger partial charge on any atom is 0.182 e. The Morgan fingerprint density at radius 1 is 1.56 bits per heavy atom. The Morgan fingerprint density at radius 3 is 2.81 bits per heavy atom. The van der Waals surface area contributed by atoms with Crippen molar-refractivity contribution in [3.63, 3.8) is 0 Å². The van der Waals surface area contributed by atoms with Gasteiger partial charge in [0.2, 0.25) is 0 Å². The Hall–Kier alpha value is -0.820. The van der Waals surface area contributed by atoms with E-state index in [0.717, 1.165) is 36.7 Å². The van der Waals surface area contributed by atoms with Gasteiger partial charge in [-0.3, -0.25) is 0 Å². The lowest BCUT2D eigenvalue weighted by atomic mass is 10.3. The fraction of sp³-hybridized carbons (Fsp3) is 0.667. The minimum atomic E-state index is -3.30. The zero-order valence-corrected chi connectivity index (χ0v) is 10.7. The van der Waals surface area contributed by atoms with Crippen LogP contribution >= 0.6 is 11.5 Å². The first-order valence-corrected chi connectivity index (χ1v) is 7.84. The molecule has 1 aromatic rings. The smallest absolute Gasteiger partial charge is 0.182 e. The molecule has 3 N–H and O–H groups in total. The van der Waals surface area contributed by atoms with Gasteiger partial charge in [-0.05, 0) is 23.9 Å². The second-order valence-electron chi connectivity index (χ2n) is 4.16. The molecule has 0 aliphatic heterocycles. The molecule has 1 fully saturated rings. The highest BCUT2D eigenvalue weighted by Gasteiger charge is 2.23. The van der Waals surface area contributed by atoms with E-state index in [0.29, 0.717) is 5.00 Å². The summed E-state index contributed by atoms with van der Waals surface area (Å²) in [6.45, 7) is 0.787. The van der Waals surface area contributed by atoms with Crippen LogP contribution in [0.1, 0.15) is 19.3 Å². The van der Waals surface area contributed by atoms with Gasteiger partial charge in [-0.1, -0.05) is 12.8 Å². The molecule has 16 heavy (non-hydrogen) atoms. The van der Waals surface area contributed by atoms with Gasteiger partial charge in [0.25, 0.3) is 0 Å². The Morgan fingerprint density at radius 2 is 2.25 bits per heavy atom. The lowest BCUT2D eigenvalue weighted by Crippen LogP contribution is -2.07. The molecule has 1 aromatic heterocycles. The summed E-state index contributed by atoms with van der Waals surface area (Å²) >= 11 is 1.11. The first-order valence-electron chi connectivity index (χ1n) is 5.17. The molecule has 5 nitrogen and oxygen atoms in total. The van der Waals surface area contributed by atoms with E-state index in [1.807, 2.05) is 0 Å². The first kappa shape index (κ1) is 11.7. The van der Waals surface area contributed by atoms with Crippen molar-refractivity contribution in [2.45, 2.75) is 24.2 Å². The van der Waals surface area contributed by atoms with E-state index in [2.05, 4.69) is 9.69 Å². The molecule has 0 atom stereocenters. The minimum absolute atomic E-state index is 0.0985. The Kier molecular flexibility index (Phi) is 3.07. The van der Waals surface area contributed by atoms with Gasteiger partial charge in [-0.25, -0.2) is 8.42 Å². The fourth-order valence-electron chi connectivity index (χ4n) is 1.56. The molecule has 1 saturated carbocycles. The highest BCUT2D eigenvalue weighted by molar-refractivity contribution is 7.91. The first-order chi connectivity index (χ1) is 7.48. The molecule has 0 bridgehead atoms. The Balaban J connectivity index is 2.07. The summed E-state index contributed by atoms with van der Waals surface area (Å²) in [6.07, 6.45) is 4.83. The normalized spacial score (nSPS) is 16.3. The van der Waals surface area contributed by atoms with E-state index in [4.69, 9.17) is 5.73 Å². The molecular formula is C9H15N3O2S2. The zero-order chi connectivity index (χ0) is 11.8. The quantitative estimate of drug-likeness (QED) is 0.835. The summed E-state index contributed by atoms with van der Waals surface area (Å²) in [5.41, 5.74) is 5.55. The van der Waals surface area contributed by atoms with E-state index in [1.54, 1.807) is 0 Å². The van der Waals surface area contributed by atoms with Gasteiger partial charge in [-0.2, -0.15) is 4.37 Å². The van der Waals surface area contributed by atoms with Crippen molar-refractivity contribution in [2.24, 2.45) is 5.92 Å². The van der Waals surface area contributed by atoms with Gasteiger partial charge in [-0.15, -0.1) is 0 Å². The SMILES string of the molecule is CS(=O)(=O)c1c(N)nsc1NCCC1CC1. The van der Waals surface area contributed by atoms with Gasteiger partial charge in [0.1, 0.15) is 9.90 Å². The van der Waals surface area contributed by atoms with Crippen LogP contribution < -0.4 is 11.1 Å². The van der Waals surface area contributed by atoms with Crippen molar-refractivity contribution in [3.8, 4) is 0 Å². The second-order valence-corrected chi connectivity index (χ2v) is 6.88. The van der Waals surface area contributed by atoms with E-state index >= 15 is 0 Å². The van der Waals surface area contributed by atoms with Crippen LogP contribution in [0.15, 0.2) is 4.90 Å². The number of nitrogens with zero attached hydrogens (tertiary/aromatic N) is 1.